The van der Waals surface area contributed by atoms with Crippen LogP contribution in [-0.2, 0) is 6.54 Å². The number of halogens is 2. The highest BCUT2D eigenvalue weighted by Crippen LogP contribution is 2.28. The Morgan fingerprint density at radius 3 is 2.64 bits per heavy atom. The average Bonchev–Trinajstić information content (AvgIpc) is 1.99. The smallest absolute Gasteiger partial charge is 0.130 e. The first-order valence-corrected chi connectivity index (χ1v) is 3.82. The third-order valence-electron chi connectivity index (χ3n) is 1.37. The molecule has 4 heteroatoms. The number of nitrogens with two attached hydrogens (primary N) is 1. The van der Waals surface area contributed by atoms with Crippen LogP contribution in [0.15, 0.2) is 16.6 Å². The molecule has 1 aromatic rings. The molecule has 3 N–H and O–H groups in total. The Morgan fingerprint density at radius 1 is 1.55 bits per heavy atom. The minimum absolute atomic E-state index is 0.00634. The molecule has 1 aromatic carbocycles. The first-order chi connectivity index (χ1) is 5.16. The highest BCUT2D eigenvalue weighted by Gasteiger charge is 2.08. The van der Waals surface area contributed by atoms with E-state index >= 15 is 0 Å². The van der Waals surface area contributed by atoms with E-state index in [4.69, 9.17) is 10.8 Å². The van der Waals surface area contributed by atoms with Gasteiger partial charge in [-0.15, -0.1) is 0 Å². The monoisotopic (exact) mass is 219 g/mol. The molecule has 0 bridgehead atoms. The van der Waals surface area contributed by atoms with Crippen LogP contribution in [0.3, 0.4) is 0 Å². The summed E-state index contributed by atoms with van der Waals surface area (Å²) in [7, 11) is 0. The van der Waals surface area contributed by atoms with Crippen LogP contribution in [0.25, 0.3) is 0 Å². The highest BCUT2D eigenvalue weighted by atomic mass is 79.9. The molecule has 0 atom stereocenters. The summed E-state index contributed by atoms with van der Waals surface area (Å²) >= 11 is 3.02. The van der Waals surface area contributed by atoms with Gasteiger partial charge in [-0.05, 0) is 28.1 Å². The van der Waals surface area contributed by atoms with Gasteiger partial charge < -0.3 is 10.8 Å². The maximum Gasteiger partial charge on any atom is 0.130 e. The van der Waals surface area contributed by atoms with Gasteiger partial charge in [0.05, 0.1) is 4.47 Å². The summed E-state index contributed by atoms with van der Waals surface area (Å²) in [5, 5.41) is 9.09. The molecule has 0 fully saturated rings. The van der Waals surface area contributed by atoms with E-state index in [9.17, 15) is 4.39 Å². The number of hydrogen-bond donors (Lipinski definition) is 2. The Labute approximate surface area is 72.0 Å². The quantitative estimate of drug-likeness (QED) is 0.757. The molecule has 1 rings (SSSR count). The van der Waals surface area contributed by atoms with Crippen molar-refractivity contribution in [1.82, 2.24) is 0 Å². The molecule has 0 aliphatic rings. The summed E-state index contributed by atoms with van der Waals surface area (Å²) < 4.78 is 13.1. The van der Waals surface area contributed by atoms with Crippen molar-refractivity contribution in [1.29, 1.82) is 0 Å². The molecule has 0 amide bonds. The molecule has 0 unspecified atom stereocenters. The third kappa shape index (κ3) is 1.52. The maximum absolute atomic E-state index is 12.8. The predicted molar refractivity (Wildman–Crippen MR) is 43.7 cm³/mol. The Kier molecular flexibility index (Phi) is 2.46. The van der Waals surface area contributed by atoms with Gasteiger partial charge in [0.2, 0.25) is 0 Å². The van der Waals surface area contributed by atoms with Gasteiger partial charge in [-0.1, -0.05) is 0 Å². The van der Waals surface area contributed by atoms with Crippen molar-refractivity contribution in [3.8, 4) is 5.75 Å². The molecule has 60 valence electrons. The van der Waals surface area contributed by atoms with Crippen LogP contribution in [-0.4, -0.2) is 5.11 Å². The van der Waals surface area contributed by atoms with E-state index in [1.165, 1.54) is 12.1 Å². The summed E-state index contributed by atoms with van der Waals surface area (Å²) in [6, 6.07) is 2.46. The molecule has 0 saturated heterocycles. The zero-order valence-corrected chi connectivity index (χ0v) is 7.23. The van der Waals surface area contributed by atoms with Gasteiger partial charge in [-0.2, -0.15) is 0 Å². The lowest BCUT2D eigenvalue weighted by Gasteiger charge is -2.03. The van der Waals surface area contributed by atoms with Gasteiger partial charge in [0.25, 0.3) is 0 Å². The Balaban J connectivity index is 3.29. The Morgan fingerprint density at radius 2 is 2.18 bits per heavy atom. The number of phenolic OH excluding ortho intramolecular Hbond substituents is 1. The second-order valence-electron chi connectivity index (χ2n) is 2.06. The van der Waals surface area contributed by atoms with E-state index in [2.05, 4.69) is 15.9 Å². The molecule has 2 nitrogen and oxygen atoms in total. The van der Waals surface area contributed by atoms with Gasteiger partial charge in [0, 0.05) is 12.1 Å². The molecule has 0 aliphatic heterocycles. The van der Waals surface area contributed by atoms with Crippen LogP contribution in [0, 0.1) is 5.82 Å². The largest absolute Gasteiger partial charge is 0.507 e. The van der Waals surface area contributed by atoms with Crippen molar-refractivity contribution in [3.63, 3.8) is 0 Å². The van der Waals surface area contributed by atoms with E-state index in [0.717, 1.165) is 0 Å². The summed E-state index contributed by atoms with van der Waals surface area (Å²) in [5.41, 5.74) is 5.54. The van der Waals surface area contributed by atoms with Gasteiger partial charge in [-0.25, -0.2) is 4.39 Å². The maximum atomic E-state index is 12.8. The zero-order valence-electron chi connectivity index (χ0n) is 5.64. The molecule has 0 aliphatic carbocycles. The van der Waals surface area contributed by atoms with Crippen molar-refractivity contribution < 1.29 is 9.50 Å². The van der Waals surface area contributed by atoms with Crippen LogP contribution >= 0.6 is 15.9 Å². The second-order valence-corrected chi connectivity index (χ2v) is 2.86. The van der Waals surface area contributed by atoms with Crippen molar-refractivity contribution in [3.05, 3.63) is 28.0 Å². The predicted octanol–water partition coefficient (Wildman–Crippen LogP) is 1.75. The van der Waals surface area contributed by atoms with E-state index in [1.807, 2.05) is 0 Å². The molecule has 0 heterocycles. The molecular formula is C7H7BrFNO. The minimum atomic E-state index is -0.405. The molecule has 0 radical (unpaired) electrons. The van der Waals surface area contributed by atoms with Crippen LogP contribution in [0.4, 0.5) is 4.39 Å². The fraction of sp³-hybridized carbons (Fsp3) is 0.143. The summed E-state index contributed by atoms with van der Waals surface area (Å²) in [6.07, 6.45) is 0. The SMILES string of the molecule is NCc1c(F)ccc(O)c1Br. The molecule has 11 heavy (non-hydrogen) atoms. The number of rotatable bonds is 1. The Hall–Kier alpha value is -0.610. The number of phenols is 1. The Bertz CT molecular complexity index is 277. The number of aromatic hydroxyl groups is 1. The highest BCUT2D eigenvalue weighted by molar-refractivity contribution is 9.10. The normalized spacial score (nSPS) is 10.1. The van der Waals surface area contributed by atoms with Gasteiger partial charge in [0.15, 0.2) is 0 Å². The van der Waals surface area contributed by atoms with Gasteiger partial charge in [0.1, 0.15) is 11.6 Å². The van der Waals surface area contributed by atoms with E-state index < -0.39 is 5.82 Å². The lowest BCUT2D eigenvalue weighted by Crippen LogP contribution is -2.00. The van der Waals surface area contributed by atoms with Crippen molar-refractivity contribution in [2.24, 2.45) is 5.73 Å². The summed E-state index contributed by atoms with van der Waals surface area (Å²) in [6.45, 7) is 0.0703. The second kappa shape index (κ2) is 3.19. The fourth-order valence-electron chi connectivity index (χ4n) is 0.772. The number of hydrogen-bond acceptors (Lipinski definition) is 2. The average molecular weight is 220 g/mol. The molecule has 0 saturated carbocycles. The lowest BCUT2D eigenvalue weighted by molar-refractivity contribution is 0.467. The first-order valence-electron chi connectivity index (χ1n) is 3.02. The third-order valence-corrected chi connectivity index (χ3v) is 2.25. The van der Waals surface area contributed by atoms with Crippen molar-refractivity contribution >= 4 is 15.9 Å². The van der Waals surface area contributed by atoms with E-state index in [0.29, 0.717) is 10.0 Å². The first kappa shape index (κ1) is 8.49. The summed E-state index contributed by atoms with van der Waals surface area (Å²) in [4.78, 5) is 0. The fourth-order valence-corrected chi connectivity index (χ4v) is 1.26. The molecule has 0 aromatic heterocycles. The van der Waals surface area contributed by atoms with Crippen molar-refractivity contribution in [2.45, 2.75) is 6.54 Å². The molecular weight excluding hydrogens is 213 g/mol. The van der Waals surface area contributed by atoms with Crippen LogP contribution in [0.2, 0.25) is 0 Å². The minimum Gasteiger partial charge on any atom is -0.507 e. The van der Waals surface area contributed by atoms with Crippen LogP contribution < -0.4 is 5.73 Å². The van der Waals surface area contributed by atoms with Gasteiger partial charge >= 0.3 is 0 Å². The summed E-state index contributed by atoms with van der Waals surface area (Å²) in [5.74, 6) is -0.399. The number of benzene rings is 1. The topological polar surface area (TPSA) is 46.2 Å². The van der Waals surface area contributed by atoms with E-state index in [1.54, 1.807) is 0 Å². The van der Waals surface area contributed by atoms with Crippen molar-refractivity contribution in [2.75, 3.05) is 0 Å². The van der Waals surface area contributed by atoms with Gasteiger partial charge in [-0.3, -0.25) is 0 Å². The van der Waals surface area contributed by atoms with E-state index in [-0.39, 0.29) is 12.3 Å². The van der Waals surface area contributed by atoms with Crippen LogP contribution in [0.5, 0.6) is 5.75 Å². The standard InChI is InChI=1S/C7H7BrFNO/c8-7-4(3-10)5(9)1-2-6(7)11/h1-2,11H,3,10H2. The van der Waals surface area contributed by atoms with Crippen LogP contribution in [0.1, 0.15) is 5.56 Å². The zero-order chi connectivity index (χ0) is 8.43. The lowest BCUT2D eigenvalue weighted by atomic mass is 10.2. The molecule has 0 spiro atoms.